The minimum atomic E-state index is -4.25. The maximum Gasteiger partial charge on any atom is 0.472 e. The molecule has 0 aromatic heterocycles. The second kappa shape index (κ2) is 34.1. The van der Waals surface area contributed by atoms with Crippen LogP contribution in [0.1, 0.15) is 168 Å². The Hall–Kier alpha value is -1.02. The van der Waals surface area contributed by atoms with E-state index < -0.39 is 13.9 Å². The zero-order valence-electron chi connectivity index (χ0n) is 32.7. The molecule has 0 saturated heterocycles. The summed E-state index contributed by atoms with van der Waals surface area (Å²) in [4.78, 5) is 22.5. The molecule has 9 heteroatoms. The number of nitrogens with zero attached hydrogens (tertiary/aromatic N) is 1. The zero-order valence-corrected chi connectivity index (χ0v) is 33.6. The summed E-state index contributed by atoms with van der Waals surface area (Å²) in [5.74, 6) is -0.328. The average molecular weight is 717 g/mol. The van der Waals surface area contributed by atoms with Crippen LogP contribution in [0.2, 0.25) is 0 Å². The normalized spacial score (nSPS) is 14.2. The van der Waals surface area contributed by atoms with Gasteiger partial charge >= 0.3 is 13.8 Å². The molecule has 0 aromatic rings. The number of rotatable bonds is 37. The van der Waals surface area contributed by atoms with Crippen LogP contribution in [0.5, 0.6) is 0 Å². The van der Waals surface area contributed by atoms with Crippen molar-refractivity contribution in [1.82, 2.24) is 0 Å². The third-order valence-electron chi connectivity index (χ3n) is 8.52. The van der Waals surface area contributed by atoms with Gasteiger partial charge in [0.25, 0.3) is 0 Å². The first-order chi connectivity index (χ1) is 23.6. The molecule has 0 rings (SSSR count). The highest BCUT2D eigenvalue weighted by Crippen LogP contribution is 2.43. The van der Waals surface area contributed by atoms with E-state index in [1.54, 1.807) is 0 Å². The number of quaternary nitrogens is 1. The fourth-order valence-corrected chi connectivity index (χ4v) is 6.09. The highest BCUT2D eigenvalue weighted by molar-refractivity contribution is 7.47. The second-order valence-corrected chi connectivity index (χ2v) is 16.1. The maximum atomic E-state index is 12.4. The monoisotopic (exact) mass is 717 g/mol. The molecular formula is C40H79NO7P+. The van der Waals surface area contributed by atoms with Crippen LogP contribution >= 0.6 is 7.82 Å². The molecule has 0 fully saturated rings. The quantitative estimate of drug-likeness (QED) is 0.0225. The van der Waals surface area contributed by atoms with Gasteiger partial charge in [-0.1, -0.05) is 141 Å². The van der Waals surface area contributed by atoms with Crippen molar-refractivity contribution >= 4 is 13.8 Å². The second-order valence-electron chi connectivity index (χ2n) is 14.7. The summed E-state index contributed by atoms with van der Waals surface area (Å²) < 4.78 is 34.6. The molecule has 0 bridgehead atoms. The van der Waals surface area contributed by atoms with E-state index in [-0.39, 0.29) is 25.8 Å². The van der Waals surface area contributed by atoms with E-state index in [0.29, 0.717) is 24.1 Å². The number of carbonyl (C=O) groups excluding carboxylic acids is 1. The Balaban J connectivity index is 3.99. The van der Waals surface area contributed by atoms with E-state index in [1.165, 1.54) is 96.3 Å². The van der Waals surface area contributed by atoms with Gasteiger partial charge in [-0.2, -0.15) is 0 Å². The molecular weight excluding hydrogens is 637 g/mol. The van der Waals surface area contributed by atoms with E-state index >= 15 is 0 Å². The zero-order chi connectivity index (χ0) is 36.3. The molecule has 0 aliphatic rings. The van der Waals surface area contributed by atoms with Crippen LogP contribution in [-0.2, 0) is 27.9 Å². The van der Waals surface area contributed by atoms with Gasteiger partial charge in [0, 0.05) is 13.0 Å². The molecule has 2 unspecified atom stereocenters. The van der Waals surface area contributed by atoms with E-state index in [1.807, 2.05) is 21.1 Å². The molecule has 290 valence electrons. The van der Waals surface area contributed by atoms with Crippen molar-refractivity contribution in [3.8, 4) is 0 Å². The van der Waals surface area contributed by atoms with E-state index in [9.17, 15) is 14.3 Å². The van der Waals surface area contributed by atoms with Gasteiger partial charge in [-0.3, -0.25) is 13.8 Å². The highest BCUT2D eigenvalue weighted by Gasteiger charge is 2.26. The number of phosphoric acid groups is 1. The van der Waals surface area contributed by atoms with Crippen LogP contribution in [0.25, 0.3) is 0 Å². The molecule has 1 N–H and O–H groups in total. The van der Waals surface area contributed by atoms with Gasteiger partial charge in [0.2, 0.25) is 0 Å². The fourth-order valence-electron chi connectivity index (χ4n) is 5.35. The third-order valence-corrected chi connectivity index (χ3v) is 9.50. The highest BCUT2D eigenvalue weighted by atomic mass is 31.2. The van der Waals surface area contributed by atoms with Crippen molar-refractivity contribution < 1.29 is 37.3 Å². The summed E-state index contributed by atoms with van der Waals surface area (Å²) in [6, 6.07) is 0. The van der Waals surface area contributed by atoms with Crippen LogP contribution in [0.15, 0.2) is 24.3 Å². The van der Waals surface area contributed by atoms with Crippen LogP contribution in [-0.4, -0.2) is 75.6 Å². The molecule has 8 nitrogen and oxygen atoms in total. The summed E-state index contributed by atoms with van der Waals surface area (Å²) in [6.45, 7) is 5.52. The number of ether oxygens (including phenoxy) is 2. The van der Waals surface area contributed by atoms with Gasteiger partial charge in [-0.05, 0) is 44.9 Å². The van der Waals surface area contributed by atoms with E-state index in [2.05, 4.69) is 38.2 Å². The average Bonchev–Trinajstić information content (AvgIpc) is 3.04. The van der Waals surface area contributed by atoms with Gasteiger partial charge in [0.15, 0.2) is 0 Å². The lowest BCUT2D eigenvalue weighted by molar-refractivity contribution is -0.870. The number of hydrogen-bond donors (Lipinski definition) is 1. The summed E-state index contributed by atoms with van der Waals surface area (Å²) in [5.41, 5.74) is 0. The predicted octanol–water partition coefficient (Wildman–Crippen LogP) is 11.3. The topological polar surface area (TPSA) is 91.3 Å². The molecule has 0 spiro atoms. The van der Waals surface area contributed by atoms with Gasteiger partial charge in [-0.15, -0.1) is 0 Å². The molecule has 0 amide bonds. The molecule has 2 atom stereocenters. The van der Waals surface area contributed by atoms with Crippen LogP contribution in [0.3, 0.4) is 0 Å². The van der Waals surface area contributed by atoms with Crippen molar-refractivity contribution in [2.45, 2.75) is 174 Å². The fraction of sp³-hybridized carbons (Fsp3) is 0.875. The lowest BCUT2D eigenvalue weighted by Crippen LogP contribution is -2.37. The Morgan fingerprint density at radius 2 is 1.12 bits per heavy atom. The number of phosphoric ester groups is 1. The van der Waals surface area contributed by atoms with Crippen molar-refractivity contribution in [1.29, 1.82) is 0 Å². The minimum absolute atomic E-state index is 0.0889. The Morgan fingerprint density at radius 3 is 1.65 bits per heavy atom. The Morgan fingerprint density at radius 1 is 0.633 bits per heavy atom. The van der Waals surface area contributed by atoms with Crippen molar-refractivity contribution in [2.24, 2.45) is 0 Å². The van der Waals surface area contributed by atoms with Gasteiger partial charge in [0.1, 0.15) is 19.3 Å². The minimum Gasteiger partial charge on any atom is -0.457 e. The standard InChI is InChI=1S/C40H78NO7P/c1-6-8-10-12-13-14-15-16-17-18-19-20-21-22-23-24-25-26-27-28-30-32-35-45-37-39(48-40(42)33-31-29-11-9-7-2)38-47-49(43,44)46-36-34-41(3,4)5/h15-16,18-19,39H,6-14,17,20-38H2,1-5H3/p+1/b16-15-,19-18-. The van der Waals surface area contributed by atoms with Gasteiger partial charge in [0.05, 0.1) is 34.4 Å². The first-order valence-electron chi connectivity index (χ1n) is 20.1. The number of carbonyl (C=O) groups is 1. The molecule has 0 aliphatic heterocycles. The van der Waals surface area contributed by atoms with E-state index in [4.69, 9.17) is 18.5 Å². The Bertz CT molecular complexity index is 843. The summed E-state index contributed by atoms with van der Waals surface area (Å²) in [5, 5.41) is 0. The number of esters is 1. The summed E-state index contributed by atoms with van der Waals surface area (Å²) in [7, 11) is 1.66. The molecule has 0 heterocycles. The number of likely N-dealkylation sites (N-methyl/N-ethyl adjacent to an activating group) is 1. The molecule has 0 aliphatic carbocycles. The third kappa shape index (κ3) is 38.1. The SMILES string of the molecule is CCCCCCC/C=C\C/C=C\CCCCCCCCCCCCOCC(COP(=O)(O)OCC[N+](C)(C)C)OC(=O)CCCCCCC. The number of unbranched alkanes of at least 4 members (excludes halogenated alkanes) is 19. The maximum absolute atomic E-state index is 12.4. The molecule has 49 heavy (non-hydrogen) atoms. The lowest BCUT2D eigenvalue weighted by Gasteiger charge is -2.24. The smallest absolute Gasteiger partial charge is 0.457 e. The summed E-state index contributed by atoms with van der Waals surface area (Å²) >= 11 is 0. The Labute approximate surface area is 303 Å². The van der Waals surface area contributed by atoms with E-state index in [0.717, 1.165) is 51.4 Å². The van der Waals surface area contributed by atoms with Crippen molar-refractivity contribution in [2.75, 3.05) is 54.1 Å². The first kappa shape index (κ1) is 48.0. The van der Waals surface area contributed by atoms with Crippen LogP contribution in [0.4, 0.5) is 0 Å². The van der Waals surface area contributed by atoms with Crippen LogP contribution < -0.4 is 0 Å². The number of allylic oxidation sites excluding steroid dienone is 4. The molecule has 0 aromatic carbocycles. The largest absolute Gasteiger partial charge is 0.472 e. The lowest BCUT2D eigenvalue weighted by atomic mass is 10.1. The summed E-state index contributed by atoms with van der Waals surface area (Å²) in [6.07, 6.45) is 36.8. The van der Waals surface area contributed by atoms with Gasteiger partial charge < -0.3 is 18.9 Å². The molecule has 0 radical (unpaired) electrons. The molecule has 0 saturated carbocycles. The van der Waals surface area contributed by atoms with Gasteiger partial charge in [-0.25, -0.2) is 4.57 Å². The van der Waals surface area contributed by atoms with Crippen molar-refractivity contribution in [3.63, 3.8) is 0 Å². The van der Waals surface area contributed by atoms with Crippen LogP contribution in [0, 0.1) is 0 Å². The first-order valence-corrected chi connectivity index (χ1v) is 21.6. The Kier molecular flexibility index (Phi) is 33.4. The number of hydrogen-bond acceptors (Lipinski definition) is 6. The van der Waals surface area contributed by atoms with Crippen molar-refractivity contribution in [3.05, 3.63) is 24.3 Å². The predicted molar refractivity (Wildman–Crippen MR) is 206 cm³/mol.